The maximum atomic E-state index is 14.2. The molecule has 2 aliphatic heterocycles. The van der Waals surface area contributed by atoms with Crippen LogP contribution >= 0.6 is 0 Å². The van der Waals surface area contributed by atoms with Gasteiger partial charge in [0.05, 0.1) is 6.54 Å². The number of carbonyl (C=O) groups excluding carboxylic acids is 2. The quantitative estimate of drug-likeness (QED) is 0.831. The van der Waals surface area contributed by atoms with E-state index >= 15 is 0 Å². The number of benzene rings is 2. The number of nitrogens with one attached hydrogen (secondary N) is 2. The standard InChI is InChI=1S/C21H22F2N4O2/c1-12-3-4-17(23)16-10-18(25-20(12)16)21(29)24-14-7-13(22)8-15(9-14)27-6-5-26(2)19(28)11-27/h3-4,7-9,18,25H,5-6,10-11H2,1-2H3,(H,24,29). The fraction of sp³-hybridized carbons (Fsp3) is 0.333. The number of aryl methyl sites for hydroxylation is 1. The molecule has 2 aromatic rings. The third-order valence-corrected chi connectivity index (χ3v) is 5.48. The number of anilines is 3. The zero-order valence-electron chi connectivity index (χ0n) is 16.3. The van der Waals surface area contributed by atoms with Gasteiger partial charge in [0.15, 0.2) is 0 Å². The normalized spacial score (nSPS) is 18.5. The lowest BCUT2D eigenvalue weighted by atomic mass is 10.1. The number of nitrogens with zero attached hydrogens (tertiary/aromatic N) is 2. The van der Waals surface area contributed by atoms with Crippen molar-refractivity contribution in [3.8, 4) is 0 Å². The molecule has 0 saturated carbocycles. The van der Waals surface area contributed by atoms with Crippen molar-refractivity contribution in [1.29, 1.82) is 0 Å². The van der Waals surface area contributed by atoms with Crippen LogP contribution in [0.2, 0.25) is 0 Å². The highest BCUT2D eigenvalue weighted by Gasteiger charge is 2.30. The molecule has 1 atom stereocenters. The summed E-state index contributed by atoms with van der Waals surface area (Å²) in [7, 11) is 1.73. The second-order valence-electron chi connectivity index (χ2n) is 7.54. The summed E-state index contributed by atoms with van der Waals surface area (Å²) >= 11 is 0. The lowest BCUT2D eigenvalue weighted by Crippen LogP contribution is -2.48. The number of piperazine rings is 1. The third kappa shape index (κ3) is 3.74. The molecule has 2 aromatic carbocycles. The number of carbonyl (C=O) groups is 2. The van der Waals surface area contributed by atoms with Crippen molar-refractivity contribution in [2.24, 2.45) is 0 Å². The number of rotatable bonds is 3. The first-order valence-electron chi connectivity index (χ1n) is 9.46. The van der Waals surface area contributed by atoms with Crippen molar-refractivity contribution in [2.45, 2.75) is 19.4 Å². The minimum Gasteiger partial charge on any atom is -0.373 e. The molecule has 2 heterocycles. The van der Waals surface area contributed by atoms with Crippen LogP contribution in [-0.4, -0.2) is 49.4 Å². The minimum atomic E-state index is -0.641. The zero-order chi connectivity index (χ0) is 20.7. The second-order valence-corrected chi connectivity index (χ2v) is 7.54. The van der Waals surface area contributed by atoms with Crippen LogP contribution in [-0.2, 0) is 16.0 Å². The Morgan fingerprint density at radius 3 is 2.72 bits per heavy atom. The molecule has 2 aliphatic rings. The summed E-state index contributed by atoms with van der Waals surface area (Å²) in [6.07, 6.45) is 0.226. The van der Waals surface area contributed by atoms with Crippen LogP contribution in [0, 0.1) is 18.6 Å². The Labute approximate surface area is 167 Å². The highest BCUT2D eigenvalue weighted by Crippen LogP contribution is 2.32. The summed E-state index contributed by atoms with van der Waals surface area (Å²) in [5.41, 5.74) is 2.82. The Morgan fingerprint density at radius 1 is 1.21 bits per heavy atom. The molecule has 0 spiro atoms. The molecule has 2 N–H and O–H groups in total. The molecule has 1 unspecified atom stereocenters. The van der Waals surface area contributed by atoms with Crippen LogP contribution in [0.3, 0.4) is 0 Å². The van der Waals surface area contributed by atoms with Gasteiger partial charge >= 0.3 is 0 Å². The van der Waals surface area contributed by atoms with E-state index in [-0.39, 0.29) is 30.6 Å². The van der Waals surface area contributed by atoms with Gasteiger partial charge in [-0.2, -0.15) is 0 Å². The summed E-state index contributed by atoms with van der Waals surface area (Å²) in [6.45, 7) is 3.14. The molecule has 4 rings (SSSR count). The van der Waals surface area contributed by atoms with Crippen LogP contribution in [0.25, 0.3) is 0 Å². The molecular weight excluding hydrogens is 378 g/mol. The van der Waals surface area contributed by atoms with Gasteiger partial charge in [0, 0.05) is 49.2 Å². The van der Waals surface area contributed by atoms with E-state index in [0.29, 0.717) is 35.7 Å². The number of hydrogen-bond donors (Lipinski definition) is 2. The Kier molecular flexibility index (Phi) is 4.86. The highest BCUT2D eigenvalue weighted by atomic mass is 19.1. The van der Waals surface area contributed by atoms with Crippen molar-refractivity contribution in [3.05, 3.63) is 53.1 Å². The molecule has 2 amide bonds. The number of halogens is 2. The maximum absolute atomic E-state index is 14.2. The average molecular weight is 400 g/mol. The van der Waals surface area contributed by atoms with E-state index in [4.69, 9.17) is 0 Å². The van der Waals surface area contributed by atoms with Crippen molar-refractivity contribution >= 4 is 28.9 Å². The van der Waals surface area contributed by atoms with Gasteiger partial charge in [-0.3, -0.25) is 9.59 Å². The predicted molar refractivity (Wildman–Crippen MR) is 107 cm³/mol. The first-order valence-corrected chi connectivity index (χ1v) is 9.46. The van der Waals surface area contributed by atoms with Gasteiger partial charge < -0.3 is 20.4 Å². The second kappa shape index (κ2) is 7.35. The van der Waals surface area contributed by atoms with Crippen molar-refractivity contribution in [3.63, 3.8) is 0 Å². The van der Waals surface area contributed by atoms with Gasteiger partial charge in [0.1, 0.15) is 17.7 Å². The van der Waals surface area contributed by atoms with Crippen LogP contribution in [0.1, 0.15) is 11.1 Å². The molecule has 29 heavy (non-hydrogen) atoms. The van der Waals surface area contributed by atoms with Gasteiger partial charge in [-0.05, 0) is 36.8 Å². The first kappa shape index (κ1) is 19.2. The van der Waals surface area contributed by atoms with Gasteiger partial charge in [-0.25, -0.2) is 8.78 Å². The van der Waals surface area contributed by atoms with Crippen LogP contribution in [0.15, 0.2) is 30.3 Å². The lowest BCUT2D eigenvalue weighted by molar-refractivity contribution is -0.129. The third-order valence-electron chi connectivity index (χ3n) is 5.48. The van der Waals surface area contributed by atoms with E-state index in [0.717, 1.165) is 5.56 Å². The number of hydrogen-bond acceptors (Lipinski definition) is 4. The van der Waals surface area contributed by atoms with E-state index in [9.17, 15) is 18.4 Å². The Morgan fingerprint density at radius 2 is 2.00 bits per heavy atom. The van der Waals surface area contributed by atoms with E-state index < -0.39 is 11.9 Å². The van der Waals surface area contributed by atoms with E-state index in [1.807, 2.05) is 6.92 Å². The highest BCUT2D eigenvalue weighted by molar-refractivity contribution is 5.98. The number of fused-ring (bicyclic) bond motifs is 1. The summed E-state index contributed by atoms with van der Waals surface area (Å²) in [4.78, 5) is 28.1. The number of likely N-dealkylation sites (N-methyl/N-ethyl adjacent to an activating group) is 1. The molecule has 0 bridgehead atoms. The fourth-order valence-corrected chi connectivity index (χ4v) is 3.76. The van der Waals surface area contributed by atoms with E-state index in [1.54, 1.807) is 29.0 Å². The summed E-state index contributed by atoms with van der Waals surface area (Å²) in [5, 5.41) is 5.77. The largest absolute Gasteiger partial charge is 0.373 e. The SMILES string of the molecule is Cc1ccc(F)c2c1NC(C(=O)Nc1cc(F)cc(N3CCN(C)C(=O)C3)c1)C2. The monoisotopic (exact) mass is 400 g/mol. The molecule has 8 heteroatoms. The maximum Gasteiger partial charge on any atom is 0.247 e. The first-order chi connectivity index (χ1) is 13.8. The lowest BCUT2D eigenvalue weighted by Gasteiger charge is -2.33. The molecule has 1 fully saturated rings. The summed E-state index contributed by atoms with van der Waals surface area (Å²) in [6, 6.07) is 6.64. The van der Waals surface area contributed by atoms with E-state index in [1.165, 1.54) is 18.2 Å². The van der Waals surface area contributed by atoms with Gasteiger partial charge in [-0.1, -0.05) is 6.07 Å². The van der Waals surface area contributed by atoms with Gasteiger partial charge in [-0.15, -0.1) is 0 Å². The summed E-state index contributed by atoms with van der Waals surface area (Å²) < 4.78 is 28.2. The predicted octanol–water partition coefficient (Wildman–Crippen LogP) is 2.53. The Bertz CT molecular complexity index is 964. The molecule has 152 valence electrons. The molecule has 0 aromatic heterocycles. The zero-order valence-corrected chi connectivity index (χ0v) is 16.3. The Balaban J connectivity index is 1.49. The molecule has 6 nitrogen and oxygen atoms in total. The fourth-order valence-electron chi connectivity index (χ4n) is 3.76. The van der Waals surface area contributed by atoms with Crippen LogP contribution in [0.5, 0.6) is 0 Å². The minimum absolute atomic E-state index is 0.0450. The van der Waals surface area contributed by atoms with Crippen molar-refractivity contribution in [1.82, 2.24) is 4.90 Å². The number of amides is 2. The van der Waals surface area contributed by atoms with Gasteiger partial charge in [0.25, 0.3) is 0 Å². The molecule has 1 saturated heterocycles. The van der Waals surface area contributed by atoms with Crippen molar-refractivity contribution in [2.75, 3.05) is 42.2 Å². The Hall–Kier alpha value is -3.16. The summed E-state index contributed by atoms with van der Waals surface area (Å²) in [5.74, 6) is -1.27. The molecule has 0 aliphatic carbocycles. The molecular formula is C21H22F2N4O2. The van der Waals surface area contributed by atoms with Crippen LogP contribution in [0.4, 0.5) is 25.8 Å². The van der Waals surface area contributed by atoms with Gasteiger partial charge in [0.2, 0.25) is 11.8 Å². The smallest absolute Gasteiger partial charge is 0.247 e. The van der Waals surface area contributed by atoms with Crippen molar-refractivity contribution < 1.29 is 18.4 Å². The topological polar surface area (TPSA) is 64.7 Å². The average Bonchev–Trinajstić information content (AvgIpc) is 3.13. The molecule has 0 radical (unpaired) electrons. The van der Waals surface area contributed by atoms with Crippen LogP contribution < -0.4 is 15.5 Å². The van der Waals surface area contributed by atoms with E-state index in [2.05, 4.69) is 10.6 Å².